The maximum Gasteiger partial charge on any atom is 0.259 e. The summed E-state index contributed by atoms with van der Waals surface area (Å²) in [6.07, 6.45) is 2.80. The first-order valence-corrected chi connectivity index (χ1v) is 7.84. The minimum absolute atomic E-state index is 0.0418. The lowest BCUT2D eigenvalue weighted by atomic mass is 9.95. The quantitative estimate of drug-likeness (QED) is 0.755. The molecular weight excluding hydrogens is 286 g/mol. The van der Waals surface area contributed by atoms with Gasteiger partial charge in [-0.25, -0.2) is 0 Å². The molecule has 0 spiro atoms. The predicted octanol–water partition coefficient (Wildman–Crippen LogP) is 4.61. The summed E-state index contributed by atoms with van der Waals surface area (Å²) in [5.41, 5.74) is 2.79. The van der Waals surface area contributed by atoms with E-state index in [2.05, 4.69) is 19.6 Å². The highest BCUT2D eigenvalue weighted by molar-refractivity contribution is 6.11. The molecule has 0 fully saturated rings. The van der Waals surface area contributed by atoms with Crippen molar-refractivity contribution in [3.05, 3.63) is 72.3 Å². The third-order valence-electron chi connectivity index (χ3n) is 4.43. The monoisotopic (exact) mass is 307 g/mol. The maximum atomic E-state index is 12.9. The van der Waals surface area contributed by atoms with Gasteiger partial charge >= 0.3 is 0 Å². The van der Waals surface area contributed by atoms with Gasteiger partial charge in [-0.1, -0.05) is 31.2 Å². The Hall–Kier alpha value is -2.55. The van der Waals surface area contributed by atoms with Crippen molar-refractivity contribution in [2.45, 2.75) is 19.4 Å². The van der Waals surface area contributed by atoms with Gasteiger partial charge in [0, 0.05) is 11.3 Å². The summed E-state index contributed by atoms with van der Waals surface area (Å²) >= 11 is 0. The van der Waals surface area contributed by atoms with Crippen LogP contribution in [0.1, 0.15) is 35.3 Å². The Morgan fingerprint density at radius 1 is 1.22 bits per heavy atom. The number of fused-ring (bicyclic) bond motifs is 1. The molecule has 0 aromatic heterocycles. The van der Waals surface area contributed by atoms with Gasteiger partial charge in [-0.15, -0.1) is 6.58 Å². The average molecular weight is 307 g/mol. The number of carbonyl (C=O) groups excluding carboxylic acids is 1. The molecule has 0 bridgehead atoms. The Morgan fingerprint density at radius 3 is 2.57 bits per heavy atom. The van der Waals surface area contributed by atoms with Crippen molar-refractivity contribution in [3.63, 3.8) is 0 Å². The van der Waals surface area contributed by atoms with E-state index in [1.165, 1.54) is 0 Å². The number of hydrogen-bond donors (Lipinski definition) is 0. The van der Waals surface area contributed by atoms with Crippen LogP contribution in [0.5, 0.6) is 5.75 Å². The first kappa shape index (κ1) is 15.3. The second-order valence-corrected chi connectivity index (χ2v) is 5.92. The molecule has 1 amide bonds. The van der Waals surface area contributed by atoms with Gasteiger partial charge in [-0.05, 0) is 48.2 Å². The molecule has 0 N–H and O–H groups in total. The molecule has 0 saturated carbocycles. The van der Waals surface area contributed by atoms with Crippen LogP contribution in [-0.4, -0.2) is 13.0 Å². The molecule has 2 atom stereocenters. The van der Waals surface area contributed by atoms with Gasteiger partial charge in [0.2, 0.25) is 0 Å². The summed E-state index contributed by atoms with van der Waals surface area (Å²) < 4.78 is 5.21. The number of carbonyl (C=O) groups is 1. The van der Waals surface area contributed by atoms with Crippen molar-refractivity contribution >= 4 is 11.6 Å². The van der Waals surface area contributed by atoms with Gasteiger partial charge in [0.25, 0.3) is 5.91 Å². The Kier molecular flexibility index (Phi) is 4.20. The topological polar surface area (TPSA) is 29.5 Å². The van der Waals surface area contributed by atoms with Crippen LogP contribution in [0.25, 0.3) is 0 Å². The van der Waals surface area contributed by atoms with Crippen LogP contribution in [-0.2, 0) is 0 Å². The smallest absolute Gasteiger partial charge is 0.259 e. The van der Waals surface area contributed by atoms with Gasteiger partial charge in [-0.2, -0.15) is 0 Å². The number of amides is 1. The number of anilines is 1. The van der Waals surface area contributed by atoms with Crippen LogP contribution in [0.3, 0.4) is 0 Å². The number of allylic oxidation sites excluding steroid dienone is 1. The van der Waals surface area contributed by atoms with Crippen LogP contribution >= 0.6 is 0 Å². The highest BCUT2D eigenvalue weighted by Crippen LogP contribution is 2.41. The second-order valence-electron chi connectivity index (χ2n) is 5.92. The lowest BCUT2D eigenvalue weighted by Gasteiger charge is -2.27. The molecule has 1 aliphatic heterocycles. The molecule has 2 aromatic carbocycles. The van der Waals surface area contributed by atoms with E-state index in [0.29, 0.717) is 5.92 Å². The van der Waals surface area contributed by atoms with Crippen LogP contribution in [0, 0.1) is 5.92 Å². The molecule has 1 heterocycles. The molecule has 3 nitrogen and oxygen atoms in total. The van der Waals surface area contributed by atoms with E-state index in [9.17, 15) is 4.79 Å². The molecular formula is C20H21NO2. The van der Waals surface area contributed by atoms with Gasteiger partial charge in [0.05, 0.1) is 13.2 Å². The van der Waals surface area contributed by atoms with Gasteiger partial charge < -0.3 is 9.64 Å². The zero-order chi connectivity index (χ0) is 16.4. The summed E-state index contributed by atoms with van der Waals surface area (Å²) in [5.74, 6) is 1.18. The van der Waals surface area contributed by atoms with Crippen LogP contribution in [0.2, 0.25) is 0 Å². The van der Waals surface area contributed by atoms with Gasteiger partial charge in [-0.3, -0.25) is 4.79 Å². The molecule has 1 aliphatic rings. The minimum Gasteiger partial charge on any atom is -0.497 e. The standard InChI is InChI=1S/C20H21NO2/c1-4-14(2)13-19-17-7-5-6-8-18(17)20(22)21(19)15-9-11-16(23-3)12-10-15/h4-12,14,19H,1,13H2,2-3H3/t14-,19-/m0/s1. The molecule has 0 aliphatic carbocycles. The Labute approximate surface area is 137 Å². The first-order valence-electron chi connectivity index (χ1n) is 7.84. The largest absolute Gasteiger partial charge is 0.497 e. The van der Waals surface area contributed by atoms with E-state index in [1.54, 1.807) is 7.11 Å². The lowest BCUT2D eigenvalue weighted by Crippen LogP contribution is -2.28. The number of benzene rings is 2. The fraction of sp³-hybridized carbons (Fsp3) is 0.250. The van der Waals surface area contributed by atoms with E-state index < -0.39 is 0 Å². The van der Waals surface area contributed by atoms with E-state index in [-0.39, 0.29) is 11.9 Å². The number of hydrogen-bond acceptors (Lipinski definition) is 2. The van der Waals surface area contributed by atoms with E-state index in [1.807, 2.05) is 53.4 Å². The Morgan fingerprint density at radius 2 is 1.91 bits per heavy atom. The molecule has 23 heavy (non-hydrogen) atoms. The number of ether oxygens (including phenoxy) is 1. The molecule has 3 rings (SSSR count). The van der Waals surface area contributed by atoms with Crippen LogP contribution in [0.15, 0.2) is 61.2 Å². The second kappa shape index (κ2) is 6.29. The maximum absolute atomic E-state index is 12.9. The summed E-state index contributed by atoms with van der Waals surface area (Å²) in [6, 6.07) is 15.6. The van der Waals surface area contributed by atoms with Crippen molar-refractivity contribution in [1.82, 2.24) is 0 Å². The summed E-state index contributed by atoms with van der Waals surface area (Å²) in [6.45, 7) is 6.01. The van der Waals surface area contributed by atoms with E-state index >= 15 is 0 Å². The van der Waals surface area contributed by atoms with E-state index in [0.717, 1.165) is 29.0 Å². The Bertz CT molecular complexity index is 721. The zero-order valence-electron chi connectivity index (χ0n) is 13.5. The van der Waals surface area contributed by atoms with Crippen LogP contribution in [0.4, 0.5) is 5.69 Å². The molecule has 3 heteroatoms. The molecule has 0 radical (unpaired) electrons. The van der Waals surface area contributed by atoms with Crippen molar-refractivity contribution in [2.24, 2.45) is 5.92 Å². The van der Waals surface area contributed by atoms with Crippen LogP contribution < -0.4 is 9.64 Å². The molecule has 2 aromatic rings. The van der Waals surface area contributed by atoms with Crippen molar-refractivity contribution in [3.8, 4) is 5.75 Å². The third-order valence-corrected chi connectivity index (χ3v) is 4.43. The zero-order valence-corrected chi connectivity index (χ0v) is 13.5. The SMILES string of the molecule is C=C[C@H](C)C[C@H]1c2ccccc2C(=O)N1c1ccc(OC)cc1. The fourth-order valence-corrected chi connectivity index (χ4v) is 3.11. The molecule has 0 unspecified atom stereocenters. The lowest BCUT2D eigenvalue weighted by molar-refractivity contribution is 0.0989. The number of methoxy groups -OCH3 is 1. The van der Waals surface area contributed by atoms with Crippen molar-refractivity contribution in [2.75, 3.05) is 12.0 Å². The highest BCUT2D eigenvalue weighted by atomic mass is 16.5. The summed E-state index contributed by atoms with van der Waals surface area (Å²) in [4.78, 5) is 14.8. The predicted molar refractivity (Wildman–Crippen MR) is 93.0 cm³/mol. The summed E-state index contributed by atoms with van der Waals surface area (Å²) in [5, 5.41) is 0. The number of nitrogens with zero attached hydrogens (tertiary/aromatic N) is 1. The fourth-order valence-electron chi connectivity index (χ4n) is 3.11. The van der Waals surface area contributed by atoms with E-state index in [4.69, 9.17) is 4.74 Å². The third kappa shape index (κ3) is 2.74. The highest BCUT2D eigenvalue weighted by Gasteiger charge is 2.37. The minimum atomic E-state index is 0.0418. The molecule has 118 valence electrons. The Balaban J connectivity index is 2.02. The first-order chi connectivity index (χ1) is 11.2. The van der Waals surface area contributed by atoms with Crippen molar-refractivity contribution in [1.29, 1.82) is 0 Å². The molecule has 0 saturated heterocycles. The van der Waals surface area contributed by atoms with Gasteiger partial charge in [0.15, 0.2) is 0 Å². The normalized spacial score (nSPS) is 17.7. The summed E-state index contributed by atoms with van der Waals surface area (Å²) in [7, 11) is 1.64. The number of rotatable bonds is 5. The van der Waals surface area contributed by atoms with Crippen molar-refractivity contribution < 1.29 is 9.53 Å². The average Bonchev–Trinajstić information content (AvgIpc) is 2.87. The van der Waals surface area contributed by atoms with Gasteiger partial charge in [0.1, 0.15) is 5.75 Å².